The highest BCUT2D eigenvalue weighted by Crippen LogP contribution is 2.45. The van der Waals surface area contributed by atoms with E-state index in [0.29, 0.717) is 12.0 Å². The summed E-state index contributed by atoms with van der Waals surface area (Å²) < 4.78 is 8.26. The first-order valence-corrected chi connectivity index (χ1v) is 11.4. The number of aromatic amines is 1. The zero-order valence-electron chi connectivity index (χ0n) is 18.1. The molecule has 4 atom stereocenters. The van der Waals surface area contributed by atoms with Crippen LogP contribution in [0.2, 0.25) is 0 Å². The van der Waals surface area contributed by atoms with Crippen LogP contribution in [0.25, 0.3) is 43.6 Å². The van der Waals surface area contributed by atoms with Gasteiger partial charge >= 0.3 is 0 Å². The smallest absolute Gasteiger partial charge is 0.278 e. The van der Waals surface area contributed by atoms with Crippen LogP contribution < -0.4 is 5.73 Å². The normalized spacial score (nSPS) is 24.7. The number of hydrogen-bond donors (Lipinski definition) is 4. The van der Waals surface area contributed by atoms with E-state index >= 15 is 0 Å². The number of nitrogens with two attached hydrogens (primary N) is 1. The number of carbonyl (C=O) groups excluding carboxylic acids is 1. The summed E-state index contributed by atoms with van der Waals surface area (Å²) in [4.78, 5) is 20.8. The Labute approximate surface area is 193 Å². The number of nitrogens with zero attached hydrogens (tertiary/aromatic N) is 2. The summed E-state index contributed by atoms with van der Waals surface area (Å²) >= 11 is 0. The van der Waals surface area contributed by atoms with Gasteiger partial charge in [-0.25, -0.2) is 4.99 Å². The molecule has 0 unspecified atom stereocenters. The van der Waals surface area contributed by atoms with Crippen molar-refractivity contribution >= 4 is 55.7 Å². The average Bonchev–Trinajstić information content (AvgIpc) is 3.52. The molecular weight excluding hydrogens is 432 g/mol. The molecule has 2 aliphatic rings. The highest BCUT2D eigenvalue weighted by Gasteiger charge is 2.38. The Morgan fingerprint density at radius 2 is 1.88 bits per heavy atom. The summed E-state index contributed by atoms with van der Waals surface area (Å²) in [6, 6.07) is 15.3. The van der Waals surface area contributed by atoms with Crippen LogP contribution in [0.5, 0.6) is 0 Å². The Kier molecular flexibility index (Phi) is 4.07. The molecule has 1 fully saturated rings. The number of aliphatic hydroxyl groups is 2. The van der Waals surface area contributed by atoms with Gasteiger partial charge < -0.3 is 30.2 Å². The maximum atomic E-state index is 13.1. The number of para-hydroxylation sites is 2. The van der Waals surface area contributed by atoms with Crippen LogP contribution in [-0.4, -0.2) is 56.7 Å². The molecule has 0 aliphatic carbocycles. The number of aliphatic hydroxyl groups excluding tert-OH is 2. The van der Waals surface area contributed by atoms with Crippen molar-refractivity contribution in [3.05, 3.63) is 59.7 Å². The Morgan fingerprint density at radius 3 is 2.71 bits per heavy atom. The van der Waals surface area contributed by atoms with Crippen LogP contribution in [0.4, 0.5) is 0 Å². The van der Waals surface area contributed by atoms with Gasteiger partial charge in [-0.1, -0.05) is 36.4 Å². The number of aromatic nitrogens is 2. The summed E-state index contributed by atoms with van der Waals surface area (Å²) in [6.07, 6.45) is -0.279. The second kappa shape index (κ2) is 6.97. The minimum Gasteiger partial charge on any atom is -0.394 e. The molecule has 34 heavy (non-hydrogen) atoms. The molecule has 1 saturated heterocycles. The van der Waals surface area contributed by atoms with Gasteiger partial charge in [0.2, 0.25) is 0 Å². The maximum absolute atomic E-state index is 13.1. The van der Waals surface area contributed by atoms with Crippen molar-refractivity contribution in [2.75, 3.05) is 6.61 Å². The fourth-order valence-electron chi connectivity index (χ4n) is 5.76. The number of carbonyl (C=O) groups is 1. The molecule has 5 aromatic rings. The molecule has 0 spiro atoms. The Bertz CT molecular complexity index is 1680. The van der Waals surface area contributed by atoms with Gasteiger partial charge in [0, 0.05) is 51.3 Å². The molecule has 5 N–H and O–H groups in total. The quantitative estimate of drug-likeness (QED) is 0.326. The molecule has 3 aromatic carbocycles. The molecule has 2 aromatic heterocycles. The number of H-pyrrole nitrogens is 1. The van der Waals surface area contributed by atoms with Crippen molar-refractivity contribution in [3.63, 3.8) is 0 Å². The molecule has 8 heteroatoms. The summed E-state index contributed by atoms with van der Waals surface area (Å²) in [7, 11) is 0. The fourth-order valence-corrected chi connectivity index (χ4v) is 5.76. The summed E-state index contributed by atoms with van der Waals surface area (Å²) in [6.45, 7) is -0.341. The topological polar surface area (TPSA) is 126 Å². The van der Waals surface area contributed by atoms with Gasteiger partial charge in [0.15, 0.2) is 0 Å². The zero-order chi connectivity index (χ0) is 23.1. The fraction of sp³-hybridized carbons (Fsp3) is 0.231. The van der Waals surface area contributed by atoms with Gasteiger partial charge in [-0.15, -0.1) is 0 Å². The third kappa shape index (κ3) is 2.45. The van der Waals surface area contributed by atoms with E-state index in [0.717, 1.165) is 49.2 Å². The second-order valence-corrected chi connectivity index (χ2v) is 9.09. The van der Waals surface area contributed by atoms with Gasteiger partial charge in [0.05, 0.1) is 34.8 Å². The number of amides is 1. The van der Waals surface area contributed by atoms with Crippen molar-refractivity contribution < 1.29 is 19.7 Å². The van der Waals surface area contributed by atoms with Crippen LogP contribution in [0.15, 0.2) is 53.5 Å². The van der Waals surface area contributed by atoms with Gasteiger partial charge in [0.1, 0.15) is 12.3 Å². The van der Waals surface area contributed by atoms with Crippen molar-refractivity contribution in [1.82, 2.24) is 9.55 Å². The van der Waals surface area contributed by atoms with Crippen molar-refractivity contribution in [1.29, 1.82) is 0 Å². The standard InChI is InChI=1S/C26H22N4O4/c27-15-9-19(34-18(11-31)25(15)32)30-17-8-4-2-6-13(17)21-22-14(10-28-26(22)33)20-12-5-1-3-7-16(12)29-23(20)24(21)30/h1-8,10,15,18-19,25,29,31-32H,9,11,27H2/t15-,18+,19-,25-/m1/s1. The van der Waals surface area contributed by atoms with E-state index in [1.54, 1.807) is 6.21 Å². The van der Waals surface area contributed by atoms with Crippen LogP contribution in [0, 0.1) is 0 Å². The van der Waals surface area contributed by atoms with Crippen LogP contribution in [0.3, 0.4) is 0 Å². The highest BCUT2D eigenvalue weighted by molar-refractivity contribution is 6.35. The predicted octanol–water partition coefficient (Wildman–Crippen LogP) is 2.97. The second-order valence-electron chi connectivity index (χ2n) is 9.09. The summed E-state index contributed by atoms with van der Waals surface area (Å²) in [5.41, 5.74) is 11.2. The number of hydrogen-bond acceptors (Lipinski definition) is 5. The van der Waals surface area contributed by atoms with Crippen LogP contribution in [-0.2, 0) is 4.74 Å². The van der Waals surface area contributed by atoms with E-state index in [1.165, 1.54) is 0 Å². The summed E-state index contributed by atoms with van der Waals surface area (Å²) in [5.74, 6) is -0.264. The van der Waals surface area contributed by atoms with Gasteiger partial charge in [-0.3, -0.25) is 4.79 Å². The Balaban J connectivity index is 1.67. The largest absolute Gasteiger partial charge is 0.394 e. The monoisotopic (exact) mass is 454 g/mol. The van der Waals surface area contributed by atoms with Crippen molar-refractivity contribution in [2.45, 2.75) is 30.9 Å². The molecule has 2 aliphatic heterocycles. The van der Waals surface area contributed by atoms with Crippen molar-refractivity contribution in [2.24, 2.45) is 10.7 Å². The number of ether oxygens (including phenoxy) is 1. The SMILES string of the molecule is N[C@@H]1C[C@H](n2c3ccccc3c3c4c(c5c6ccccc6[nH]c5c32)C=NC4=O)O[C@@H](CO)[C@@H]1O. The van der Waals surface area contributed by atoms with E-state index in [4.69, 9.17) is 10.5 Å². The number of aliphatic imine (C=N–C) groups is 1. The Morgan fingerprint density at radius 1 is 1.12 bits per heavy atom. The number of nitrogens with one attached hydrogen (secondary N) is 1. The van der Waals surface area contributed by atoms with E-state index in [-0.39, 0.29) is 12.5 Å². The van der Waals surface area contributed by atoms with E-state index in [9.17, 15) is 15.0 Å². The third-order valence-electron chi connectivity index (χ3n) is 7.26. The molecule has 8 nitrogen and oxygen atoms in total. The maximum Gasteiger partial charge on any atom is 0.278 e. The van der Waals surface area contributed by atoms with Gasteiger partial charge in [-0.05, 0) is 12.1 Å². The third-order valence-corrected chi connectivity index (χ3v) is 7.26. The Hall–Kier alpha value is -3.56. The van der Waals surface area contributed by atoms with Gasteiger partial charge in [-0.2, -0.15) is 0 Å². The molecule has 7 rings (SSSR count). The lowest BCUT2D eigenvalue weighted by Gasteiger charge is -2.38. The number of benzene rings is 3. The van der Waals surface area contributed by atoms with Crippen LogP contribution in [0.1, 0.15) is 28.6 Å². The first kappa shape index (κ1) is 19.9. The predicted molar refractivity (Wildman–Crippen MR) is 130 cm³/mol. The number of fused-ring (bicyclic) bond motifs is 10. The van der Waals surface area contributed by atoms with Crippen LogP contribution >= 0.6 is 0 Å². The van der Waals surface area contributed by atoms with Crippen molar-refractivity contribution in [3.8, 4) is 0 Å². The molecular formula is C26H22N4O4. The first-order chi connectivity index (χ1) is 16.6. The molecule has 0 saturated carbocycles. The molecule has 170 valence electrons. The summed E-state index contributed by atoms with van der Waals surface area (Å²) in [5, 5.41) is 23.9. The lowest BCUT2D eigenvalue weighted by Crippen LogP contribution is -2.52. The van der Waals surface area contributed by atoms with E-state index in [2.05, 4.69) is 14.5 Å². The molecule has 0 radical (unpaired) electrons. The zero-order valence-corrected chi connectivity index (χ0v) is 18.1. The number of rotatable bonds is 2. The minimum atomic E-state index is -0.957. The van der Waals surface area contributed by atoms with E-state index in [1.807, 2.05) is 48.5 Å². The lowest BCUT2D eigenvalue weighted by molar-refractivity contribution is -0.164. The molecule has 4 heterocycles. The average molecular weight is 454 g/mol. The minimum absolute atomic E-state index is 0.264. The molecule has 1 amide bonds. The van der Waals surface area contributed by atoms with Gasteiger partial charge in [0.25, 0.3) is 5.91 Å². The molecule has 0 bridgehead atoms. The highest BCUT2D eigenvalue weighted by atomic mass is 16.5. The first-order valence-electron chi connectivity index (χ1n) is 11.4. The van der Waals surface area contributed by atoms with E-state index < -0.39 is 24.5 Å². The lowest BCUT2D eigenvalue weighted by atomic mass is 9.96.